The Kier molecular flexibility index (Phi) is 4.38. The molecule has 2 aromatic rings. The minimum absolute atomic E-state index is 1.03. The van der Waals surface area contributed by atoms with Crippen LogP contribution in [0.3, 0.4) is 0 Å². The molecule has 0 bridgehead atoms. The quantitative estimate of drug-likeness (QED) is 0.841. The highest BCUT2D eigenvalue weighted by atomic mass is 32.1. The molecular formula is C17H22N2S. The lowest BCUT2D eigenvalue weighted by Crippen LogP contribution is -2.30. The molecule has 0 saturated carbocycles. The number of thiophene rings is 1. The van der Waals surface area contributed by atoms with Gasteiger partial charge < -0.3 is 10.2 Å². The van der Waals surface area contributed by atoms with Crippen molar-refractivity contribution in [3.63, 3.8) is 0 Å². The van der Waals surface area contributed by atoms with Crippen LogP contribution in [-0.2, 0) is 19.5 Å². The molecule has 1 N–H and O–H groups in total. The molecule has 3 rings (SSSR count). The van der Waals surface area contributed by atoms with Gasteiger partial charge in [-0.05, 0) is 48.0 Å². The van der Waals surface area contributed by atoms with Crippen LogP contribution in [-0.4, -0.2) is 13.1 Å². The number of anilines is 1. The summed E-state index contributed by atoms with van der Waals surface area (Å²) in [5.74, 6) is 0. The van der Waals surface area contributed by atoms with Gasteiger partial charge in [0.1, 0.15) is 0 Å². The topological polar surface area (TPSA) is 15.3 Å². The fourth-order valence-corrected chi connectivity index (χ4v) is 3.92. The summed E-state index contributed by atoms with van der Waals surface area (Å²) < 4.78 is 0. The van der Waals surface area contributed by atoms with Crippen molar-refractivity contribution in [1.82, 2.24) is 5.32 Å². The van der Waals surface area contributed by atoms with E-state index in [4.69, 9.17) is 0 Å². The van der Waals surface area contributed by atoms with E-state index in [0.717, 1.165) is 26.2 Å². The van der Waals surface area contributed by atoms with Crippen molar-refractivity contribution in [1.29, 1.82) is 0 Å². The number of hydrogen-bond donors (Lipinski definition) is 1. The molecule has 20 heavy (non-hydrogen) atoms. The first-order chi connectivity index (χ1) is 9.88. The van der Waals surface area contributed by atoms with Crippen LogP contribution in [0.15, 0.2) is 35.7 Å². The van der Waals surface area contributed by atoms with E-state index >= 15 is 0 Å². The number of nitrogens with one attached hydrogen (secondary N) is 1. The molecule has 0 aliphatic carbocycles. The maximum Gasteiger partial charge on any atom is 0.0525 e. The van der Waals surface area contributed by atoms with Crippen molar-refractivity contribution in [3.05, 3.63) is 51.7 Å². The highest BCUT2D eigenvalue weighted by molar-refractivity contribution is 7.10. The fraction of sp³-hybridized carbons (Fsp3) is 0.412. The van der Waals surface area contributed by atoms with Gasteiger partial charge in [0.15, 0.2) is 0 Å². The van der Waals surface area contributed by atoms with Gasteiger partial charge in [0.2, 0.25) is 0 Å². The molecule has 1 aliphatic heterocycles. The zero-order valence-electron chi connectivity index (χ0n) is 12.1. The third-order valence-electron chi connectivity index (χ3n) is 3.90. The largest absolute Gasteiger partial charge is 0.366 e. The summed E-state index contributed by atoms with van der Waals surface area (Å²) in [6, 6.07) is 10.8. The molecule has 0 amide bonds. The van der Waals surface area contributed by atoms with Gasteiger partial charge >= 0.3 is 0 Å². The Morgan fingerprint density at radius 3 is 2.90 bits per heavy atom. The predicted molar refractivity (Wildman–Crippen MR) is 87.5 cm³/mol. The van der Waals surface area contributed by atoms with Crippen LogP contribution in [0.25, 0.3) is 0 Å². The van der Waals surface area contributed by atoms with Gasteiger partial charge in [-0.15, -0.1) is 11.3 Å². The molecule has 2 nitrogen and oxygen atoms in total. The van der Waals surface area contributed by atoms with Crippen molar-refractivity contribution in [2.75, 3.05) is 18.0 Å². The number of hydrogen-bond acceptors (Lipinski definition) is 3. The molecule has 106 valence electrons. The molecule has 1 aromatic carbocycles. The molecule has 0 unspecified atom stereocenters. The first kappa shape index (κ1) is 13.7. The van der Waals surface area contributed by atoms with E-state index in [-0.39, 0.29) is 0 Å². The highest BCUT2D eigenvalue weighted by Crippen LogP contribution is 2.31. The second kappa shape index (κ2) is 6.42. The summed E-state index contributed by atoms with van der Waals surface area (Å²) in [7, 11) is 0. The lowest BCUT2D eigenvalue weighted by Gasteiger charge is -2.29. The molecule has 0 fully saturated rings. The number of fused-ring (bicyclic) bond motifs is 1. The van der Waals surface area contributed by atoms with E-state index in [0.29, 0.717) is 0 Å². The Balaban J connectivity index is 1.70. The monoisotopic (exact) mass is 286 g/mol. The summed E-state index contributed by atoms with van der Waals surface area (Å²) in [5.41, 5.74) is 4.47. The van der Waals surface area contributed by atoms with E-state index in [1.54, 1.807) is 10.4 Å². The maximum absolute atomic E-state index is 3.52. The first-order valence-corrected chi connectivity index (χ1v) is 8.35. The number of nitrogens with zero attached hydrogens (tertiary/aromatic N) is 1. The van der Waals surface area contributed by atoms with E-state index in [9.17, 15) is 0 Å². The third-order valence-corrected chi connectivity index (χ3v) is 4.96. The van der Waals surface area contributed by atoms with Crippen LogP contribution >= 0.6 is 11.3 Å². The van der Waals surface area contributed by atoms with Crippen LogP contribution in [0.1, 0.15) is 29.3 Å². The zero-order chi connectivity index (χ0) is 13.8. The minimum atomic E-state index is 1.03. The molecular weight excluding hydrogens is 264 g/mol. The predicted octanol–water partition coefficient (Wildman–Crippen LogP) is 3.81. The van der Waals surface area contributed by atoms with E-state index < -0.39 is 0 Å². The van der Waals surface area contributed by atoms with Crippen LogP contribution in [0, 0.1) is 0 Å². The second-order valence-electron chi connectivity index (χ2n) is 5.35. The Morgan fingerprint density at radius 2 is 2.10 bits per heavy atom. The summed E-state index contributed by atoms with van der Waals surface area (Å²) in [6.45, 7) is 6.56. The average molecular weight is 286 g/mol. The minimum Gasteiger partial charge on any atom is -0.366 e. The Morgan fingerprint density at radius 1 is 1.25 bits per heavy atom. The third kappa shape index (κ3) is 2.89. The average Bonchev–Trinajstić information content (AvgIpc) is 2.91. The van der Waals surface area contributed by atoms with Gasteiger partial charge in [0, 0.05) is 23.7 Å². The molecule has 0 atom stereocenters. The van der Waals surface area contributed by atoms with E-state index in [2.05, 4.69) is 52.9 Å². The van der Waals surface area contributed by atoms with Gasteiger partial charge in [-0.25, -0.2) is 0 Å². The number of benzene rings is 1. The Labute approximate surface area is 125 Å². The zero-order valence-corrected chi connectivity index (χ0v) is 12.9. The van der Waals surface area contributed by atoms with Gasteiger partial charge in [0.05, 0.1) is 6.54 Å². The van der Waals surface area contributed by atoms with Crippen molar-refractivity contribution in [2.45, 2.75) is 32.9 Å². The first-order valence-electron chi connectivity index (χ1n) is 7.47. The molecule has 1 aromatic heterocycles. The number of rotatable bonds is 5. The SMILES string of the molecule is CCCNCc1csc2c1CCN(c1ccccc1)C2. The number of para-hydroxylation sites is 1. The van der Waals surface area contributed by atoms with Crippen molar-refractivity contribution in [2.24, 2.45) is 0 Å². The summed E-state index contributed by atoms with van der Waals surface area (Å²) in [5, 5.41) is 5.87. The van der Waals surface area contributed by atoms with Crippen LogP contribution in [0.2, 0.25) is 0 Å². The second-order valence-corrected chi connectivity index (χ2v) is 6.31. The maximum atomic E-state index is 3.52. The smallest absolute Gasteiger partial charge is 0.0525 e. The van der Waals surface area contributed by atoms with Gasteiger partial charge in [0.25, 0.3) is 0 Å². The lowest BCUT2D eigenvalue weighted by molar-refractivity contribution is 0.664. The summed E-state index contributed by atoms with van der Waals surface area (Å²) in [6.07, 6.45) is 2.38. The Hall–Kier alpha value is -1.32. The lowest BCUT2D eigenvalue weighted by atomic mass is 10.0. The summed E-state index contributed by atoms with van der Waals surface area (Å²) in [4.78, 5) is 4.04. The molecule has 0 radical (unpaired) electrons. The molecule has 0 saturated heterocycles. The highest BCUT2D eigenvalue weighted by Gasteiger charge is 2.20. The summed E-state index contributed by atoms with van der Waals surface area (Å²) >= 11 is 1.93. The normalized spacial score (nSPS) is 14.3. The standard InChI is InChI=1S/C17H22N2S/c1-2-9-18-11-14-13-20-17-12-19(10-8-16(14)17)15-6-4-3-5-7-15/h3-7,13,18H,2,8-12H2,1H3. The van der Waals surface area contributed by atoms with Crippen LogP contribution in [0.5, 0.6) is 0 Å². The molecule has 1 aliphatic rings. The molecule has 3 heteroatoms. The van der Waals surface area contributed by atoms with E-state index in [1.165, 1.54) is 24.1 Å². The van der Waals surface area contributed by atoms with Gasteiger partial charge in [-0.1, -0.05) is 25.1 Å². The van der Waals surface area contributed by atoms with Crippen molar-refractivity contribution in [3.8, 4) is 0 Å². The van der Waals surface area contributed by atoms with Gasteiger partial charge in [-0.3, -0.25) is 0 Å². The molecule has 2 heterocycles. The van der Waals surface area contributed by atoms with Crippen LogP contribution in [0.4, 0.5) is 5.69 Å². The molecule has 0 spiro atoms. The van der Waals surface area contributed by atoms with E-state index in [1.807, 2.05) is 11.3 Å². The van der Waals surface area contributed by atoms with Gasteiger partial charge in [-0.2, -0.15) is 0 Å². The van der Waals surface area contributed by atoms with Crippen LogP contribution < -0.4 is 10.2 Å². The van der Waals surface area contributed by atoms with Crippen molar-refractivity contribution < 1.29 is 0 Å². The van der Waals surface area contributed by atoms with Crippen molar-refractivity contribution >= 4 is 17.0 Å². The fourth-order valence-electron chi connectivity index (χ4n) is 2.80. The Bertz CT molecular complexity index is 547.